The lowest BCUT2D eigenvalue weighted by Crippen LogP contribution is -2.37. The van der Waals surface area contributed by atoms with Crippen LogP contribution in [-0.4, -0.2) is 38.4 Å². The fourth-order valence-corrected chi connectivity index (χ4v) is 25.8. The minimum absolute atomic E-state index is 0.132. The molecule has 0 radical (unpaired) electrons. The maximum absolute atomic E-state index is 16.2. The number of rotatable bonds is 46. The molecule has 0 saturated carbocycles. The molecule has 11 heterocycles. The van der Waals surface area contributed by atoms with Gasteiger partial charge in [-0.2, -0.15) is 0 Å². The Bertz CT molecular complexity index is 4790. The van der Waals surface area contributed by atoms with E-state index in [1.54, 1.807) is 80.2 Å². The molecule has 1 aromatic carbocycles. The molecule has 19 heteroatoms. The van der Waals surface area contributed by atoms with Gasteiger partial charge in [0.05, 0.1) is 27.9 Å². The number of carbonyl (C=O) groups excluding carboxylic acids is 2. The number of aryl methyl sites for hydroxylation is 6. The largest absolute Gasteiger partial charge is 0.995 e. The highest BCUT2D eigenvalue weighted by Crippen LogP contribution is 2.52. The summed E-state index contributed by atoms with van der Waals surface area (Å²) >= 11 is 13.5. The molecule has 8 aromatic heterocycles. The van der Waals surface area contributed by atoms with E-state index in [2.05, 4.69) is 170 Å². The van der Waals surface area contributed by atoms with Crippen LogP contribution >= 0.6 is 90.7 Å². The Hall–Kier alpha value is -5.63. The molecule has 113 heavy (non-hydrogen) atoms. The van der Waals surface area contributed by atoms with E-state index in [4.69, 9.17) is 18.0 Å². The number of nitrogens with zero attached hydrogens (tertiary/aromatic N) is 1. The van der Waals surface area contributed by atoms with Gasteiger partial charge < -0.3 is 40.2 Å². The van der Waals surface area contributed by atoms with Gasteiger partial charge >= 0.3 is 25.8 Å². The van der Waals surface area contributed by atoms with E-state index < -0.39 is 14.2 Å². The highest BCUT2D eigenvalue weighted by Gasteiger charge is 2.55. The van der Waals surface area contributed by atoms with Gasteiger partial charge in [0.2, 0.25) is 0 Å². The fraction of sp³-hybridized carbons (Fsp3) is 0.489. The third-order valence-corrected chi connectivity index (χ3v) is 32.8. The lowest BCUT2D eigenvalue weighted by Gasteiger charge is -2.32. The SMILES string of the molecule is CCCCCCc1ccc(-c2sc(C3=CC(c4cc(CCCCCC)c(-c5ccc(C6=CC7c8ccc(-c9ccc(-c%10sc(C%11=[O+][B-](F)(F)OC(c%12cc(CCCCCC)c(-c%13ccc(CCCCCC)s%13)s%12)=C%11)cc%10CCCCCC)s9)cc8N(CC(CC)CCCC)C7C=C6)s5)s4)=[O+][B-](F)(F)O3)cc2CCCCCC)s1. The first-order chi connectivity index (χ1) is 55.1. The second-order valence-electron chi connectivity index (χ2n) is 31.7. The van der Waals surface area contributed by atoms with E-state index in [1.807, 2.05) is 22.7 Å². The van der Waals surface area contributed by atoms with Crippen LogP contribution in [0.25, 0.3) is 66.5 Å². The maximum Gasteiger partial charge on any atom is 0.995 e. The number of allylic oxidation sites excluding steroid dienone is 4. The Kier molecular flexibility index (Phi) is 31.1. The van der Waals surface area contributed by atoms with Gasteiger partial charge in [0.15, 0.2) is 0 Å². The molecule has 0 fully saturated rings. The highest BCUT2D eigenvalue weighted by atomic mass is 32.1. The zero-order chi connectivity index (χ0) is 78.9. The van der Waals surface area contributed by atoms with Crippen molar-refractivity contribution in [3.8, 4) is 49.5 Å². The van der Waals surface area contributed by atoms with Gasteiger partial charge in [-0.3, -0.25) is 0 Å². The van der Waals surface area contributed by atoms with Crippen LogP contribution in [0.15, 0.2) is 121 Å². The molecule has 0 amide bonds. The number of unbranched alkanes of at least 4 members (excludes halogenated alkanes) is 19. The monoisotopic (exact) mass is 1680 g/mol. The van der Waals surface area contributed by atoms with Crippen molar-refractivity contribution < 1.29 is 35.3 Å². The molecule has 0 spiro atoms. The number of thiophene rings is 8. The molecule has 0 saturated heterocycles. The number of ketones is 2. The molecule has 5 nitrogen and oxygen atoms in total. The molecule has 3 atom stereocenters. The lowest BCUT2D eigenvalue weighted by molar-refractivity contribution is -0.184. The molecule has 1 aliphatic carbocycles. The number of hydrogen-bond acceptors (Lipinski definition) is 11. The lowest BCUT2D eigenvalue weighted by atomic mass is 9.87. The van der Waals surface area contributed by atoms with Gasteiger partial charge in [-0.25, -0.2) is 0 Å². The van der Waals surface area contributed by atoms with Crippen molar-refractivity contribution in [2.45, 2.75) is 286 Å². The summed E-state index contributed by atoms with van der Waals surface area (Å²) in [5, 5.41) is 0. The molecule has 0 bridgehead atoms. The third-order valence-electron chi connectivity index (χ3n) is 22.8. The number of halogens is 4. The smallest absolute Gasteiger partial charge is 0.568 e. The van der Waals surface area contributed by atoms with Gasteiger partial charge in [-0.05, 0) is 207 Å². The van der Waals surface area contributed by atoms with E-state index in [0.29, 0.717) is 15.7 Å². The molecule has 3 aliphatic heterocycles. The van der Waals surface area contributed by atoms with Crippen LogP contribution in [0.4, 0.5) is 23.0 Å². The van der Waals surface area contributed by atoms with E-state index in [0.717, 1.165) is 171 Å². The maximum atomic E-state index is 16.2. The van der Waals surface area contributed by atoms with Crippen LogP contribution in [0.3, 0.4) is 0 Å². The standard InChI is InChI=1S/C94H117B2F4NO4S8/c1-9-17-24-30-37-67-57-87(110-91(67)83-49-45-71(106-83)41-34-28-21-13-5)77-61-79(104-95(97,98)102-77)89-59-69(39-32-26-19-11-3)93(112-89)85-53-51-81(108-85)65-44-48-75-74(55-65)73-47-43-66(56-76(73)101(75)63-64(16-8)36-23-15-7)82-52-54-86(109-82)94-70(40-33-27-20-12-4)60-90(113-94)80-62-78(103-96(99,100)105-80)88-58-68(38-31-25-18-10-2)92(111-88)84-50-46-72(107-84)42-35-29-22-14-6/h43-62,64,74-75H,9-42,63H2,1-8H3. The summed E-state index contributed by atoms with van der Waals surface area (Å²) in [5.41, 5.74) is 9.74. The summed E-state index contributed by atoms with van der Waals surface area (Å²) in [5.74, 6) is 1.38. The Labute approximate surface area is 704 Å². The Morgan fingerprint density at radius 2 is 0.779 bits per heavy atom. The minimum atomic E-state index is -4.65. The van der Waals surface area contributed by atoms with E-state index in [-0.39, 0.29) is 35.0 Å². The quantitative estimate of drug-likeness (QED) is 0.0165. The summed E-state index contributed by atoms with van der Waals surface area (Å²) in [6.07, 6.45) is 48.6. The Morgan fingerprint density at radius 1 is 0.389 bits per heavy atom. The average molecular weight is 1680 g/mol. The topological polar surface area (TPSA) is 44.3 Å². The first-order valence-electron chi connectivity index (χ1n) is 43.2. The molecule has 9 aromatic rings. The van der Waals surface area contributed by atoms with Crippen molar-refractivity contribution in [3.63, 3.8) is 0 Å². The zero-order valence-electron chi connectivity index (χ0n) is 68.0. The molecule has 0 N–H and O–H groups in total. The van der Waals surface area contributed by atoms with Crippen LogP contribution in [0, 0.1) is 5.92 Å². The van der Waals surface area contributed by atoms with Gasteiger partial charge in [0.1, 0.15) is 21.3 Å². The van der Waals surface area contributed by atoms with Crippen LogP contribution in [0.5, 0.6) is 0 Å². The summed E-state index contributed by atoms with van der Waals surface area (Å²) in [6, 6.07) is 33.8. The average Bonchev–Trinajstić information content (AvgIpc) is 1.60. The van der Waals surface area contributed by atoms with Crippen molar-refractivity contribution in [1.29, 1.82) is 0 Å². The fourth-order valence-electron chi connectivity index (χ4n) is 16.4. The normalized spacial score (nSPS) is 16.6. The Balaban J connectivity index is 0.783. The summed E-state index contributed by atoms with van der Waals surface area (Å²) in [7, 11) is -9.30. The van der Waals surface area contributed by atoms with Crippen molar-refractivity contribution >= 4 is 139 Å². The minimum Gasteiger partial charge on any atom is -0.568 e. The summed E-state index contributed by atoms with van der Waals surface area (Å²) in [6.45, 7) is 19.0. The second kappa shape index (κ2) is 41.2. The van der Waals surface area contributed by atoms with Crippen molar-refractivity contribution in [3.05, 3.63) is 183 Å². The first kappa shape index (κ1) is 85.3. The number of benzene rings is 1. The molecule has 3 unspecified atom stereocenters. The number of anilines is 1. The van der Waals surface area contributed by atoms with Crippen molar-refractivity contribution in [1.82, 2.24) is 0 Å². The van der Waals surface area contributed by atoms with E-state index in [1.165, 1.54) is 167 Å². The van der Waals surface area contributed by atoms with Gasteiger partial charge in [0, 0.05) is 76.7 Å². The van der Waals surface area contributed by atoms with Crippen LogP contribution in [0.2, 0.25) is 0 Å². The van der Waals surface area contributed by atoms with E-state index in [9.17, 15) is 0 Å². The van der Waals surface area contributed by atoms with Crippen LogP contribution in [-0.2, 0) is 47.8 Å². The predicted molar refractivity (Wildman–Crippen MR) is 490 cm³/mol. The van der Waals surface area contributed by atoms with E-state index >= 15 is 17.3 Å². The zero-order valence-corrected chi connectivity index (χ0v) is 74.6. The van der Waals surface area contributed by atoms with Crippen molar-refractivity contribution in [2.75, 3.05) is 11.4 Å². The molecular formula is C94H117B2F4NO4S8. The number of hydrogen-bond donors (Lipinski definition) is 0. The predicted octanol–water partition coefficient (Wildman–Crippen LogP) is 32.7. The third kappa shape index (κ3) is 21.8. The Morgan fingerprint density at radius 3 is 1.22 bits per heavy atom. The highest BCUT2D eigenvalue weighted by molar-refractivity contribution is 7.26. The molecule has 604 valence electrons. The first-order valence-corrected chi connectivity index (χ1v) is 49.8. The van der Waals surface area contributed by atoms with Gasteiger partial charge in [0.25, 0.3) is 0 Å². The number of fused-ring (bicyclic) bond motifs is 3. The van der Waals surface area contributed by atoms with Gasteiger partial charge in [-0.1, -0.05) is 221 Å². The van der Waals surface area contributed by atoms with Crippen molar-refractivity contribution in [2.24, 2.45) is 5.92 Å². The molecule has 4 aliphatic rings. The summed E-state index contributed by atoms with van der Waals surface area (Å²) < 4.78 is 87.2. The van der Waals surface area contributed by atoms with Gasteiger partial charge in [-0.15, -0.1) is 90.7 Å². The van der Waals surface area contributed by atoms with Crippen LogP contribution in [0.1, 0.15) is 312 Å². The molecular weight excluding hydrogens is 1560 g/mol. The molecule has 13 rings (SSSR count). The van der Waals surface area contributed by atoms with Crippen LogP contribution < -0.4 is 4.90 Å². The summed E-state index contributed by atoms with van der Waals surface area (Å²) in [4.78, 5) is 19.9. The second-order valence-corrected chi connectivity index (χ2v) is 40.4.